The van der Waals surface area contributed by atoms with Gasteiger partial charge < -0.3 is 0 Å². The predicted octanol–water partition coefficient (Wildman–Crippen LogP) is 7.66. The molecule has 0 saturated carbocycles. The lowest BCUT2D eigenvalue weighted by Gasteiger charge is -2.33. The minimum Gasteiger partial charge on any atom is -0.229 e. The van der Waals surface area contributed by atoms with Gasteiger partial charge in [-0.15, -0.1) is 11.3 Å². The Kier molecular flexibility index (Phi) is 3.82. The number of thiophene rings is 1. The van der Waals surface area contributed by atoms with Gasteiger partial charge in [0.05, 0.1) is 7.05 Å². The summed E-state index contributed by atoms with van der Waals surface area (Å²) in [5.74, 6) is 0. The van der Waals surface area contributed by atoms with Crippen LogP contribution in [0.1, 0.15) is 0 Å². The fourth-order valence-corrected chi connectivity index (χ4v) is 5.03. The number of quaternary nitrogens is 1. The summed E-state index contributed by atoms with van der Waals surface area (Å²) in [7, 11) is 2.28. The van der Waals surface area contributed by atoms with Crippen LogP contribution in [0.15, 0.2) is 103 Å². The van der Waals surface area contributed by atoms with Crippen LogP contribution in [-0.4, -0.2) is 7.05 Å². The minimum absolute atomic E-state index is 0.645. The Morgan fingerprint density at radius 1 is 0.519 bits per heavy atom. The third kappa shape index (κ3) is 2.57. The Morgan fingerprint density at radius 2 is 1.07 bits per heavy atom. The zero-order valence-corrected chi connectivity index (χ0v) is 16.0. The van der Waals surface area contributed by atoms with E-state index in [2.05, 4.69) is 110 Å². The molecule has 0 aliphatic carbocycles. The van der Waals surface area contributed by atoms with E-state index in [1.54, 1.807) is 0 Å². The molecule has 0 N–H and O–H groups in total. The first-order valence-corrected chi connectivity index (χ1v) is 9.98. The lowest BCUT2D eigenvalue weighted by molar-refractivity contribution is 0.628. The number of rotatable bonds is 3. The van der Waals surface area contributed by atoms with E-state index in [0.29, 0.717) is 4.48 Å². The van der Waals surface area contributed by atoms with Crippen molar-refractivity contribution in [1.82, 2.24) is 4.48 Å². The van der Waals surface area contributed by atoms with E-state index in [4.69, 9.17) is 0 Å². The second-order valence-corrected chi connectivity index (χ2v) is 8.04. The van der Waals surface area contributed by atoms with Crippen LogP contribution >= 0.6 is 11.3 Å². The van der Waals surface area contributed by atoms with Gasteiger partial charge in [-0.3, -0.25) is 0 Å². The van der Waals surface area contributed by atoms with Gasteiger partial charge in [0, 0.05) is 32.3 Å². The second-order valence-electron chi connectivity index (χ2n) is 6.96. The molecule has 0 unspecified atom stereocenters. The summed E-state index contributed by atoms with van der Waals surface area (Å²) in [6.45, 7) is 0. The second kappa shape index (κ2) is 6.34. The summed E-state index contributed by atoms with van der Waals surface area (Å²) in [5.41, 5.74) is 3.78. The first kappa shape index (κ1) is 16.2. The summed E-state index contributed by atoms with van der Waals surface area (Å²) in [5, 5.41) is 2.68. The monoisotopic (exact) mass is 366 g/mol. The summed E-state index contributed by atoms with van der Waals surface area (Å²) >= 11 is 1.87. The van der Waals surface area contributed by atoms with Gasteiger partial charge in [0.25, 0.3) is 0 Å². The van der Waals surface area contributed by atoms with Crippen LogP contribution in [0, 0.1) is 0 Å². The lowest BCUT2D eigenvalue weighted by atomic mass is 10.1. The normalized spacial score (nSPS) is 11.9. The van der Waals surface area contributed by atoms with Gasteiger partial charge in [0.15, 0.2) is 0 Å². The van der Waals surface area contributed by atoms with Crippen LogP contribution in [0.4, 0.5) is 17.1 Å². The third-order valence-electron chi connectivity index (χ3n) is 5.42. The van der Waals surface area contributed by atoms with Crippen LogP contribution in [0.3, 0.4) is 0 Å². The molecule has 1 heterocycles. The SMILES string of the molecule is C[N+](c1ccccc1)(c1ccccc1)c1ccc2c(c1)sc1ccccc12. The molecule has 1 aromatic heterocycles. The topological polar surface area (TPSA) is 0 Å². The Labute approximate surface area is 163 Å². The van der Waals surface area contributed by atoms with Crippen LogP contribution < -0.4 is 4.48 Å². The number of nitrogens with zero attached hydrogens (tertiary/aromatic N) is 1. The molecule has 5 aromatic rings. The molecule has 0 bridgehead atoms. The summed E-state index contributed by atoms with van der Waals surface area (Å²) in [6.07, 6.45) is 0. The third-order valence-corrected chi connectivity index (χ3v) is 6.56. The van der Waals surface area contributed by atoms with Crippen molar-refractivity contribution in [3.63, 3.8) is 0 Å². The Bertz CT molecular complexity index is 1180. The van der Waals surface area contributed by atoms with Crippen molar-refractivity contribution in [2.75, 3.05) is 7.05 Å². The highest BCUT2D eigenvalue weighted by Crippen LogP contribution is 2.44. The fraction of sp³-hybridized carbons (Fsp3) is 0.0400. The molecule has 130 valence electrons. The van der Waals surface area contributed by atoms with Gasteiger partial charge in [0.2, 0.25) is 0 Å². The van der Waals surface area contributed by atoms with Crippen LogP contribution in [0.25, 0.3) is 20.2 Å². The van der Waals surface area contributed by atoms with E-state index in [-0.39, 0.29) is 0 Å². The van der Waals surface area contributed by atoms with Crippen molar-refractivity contribution in [2.24, 2.45) is 0 Å². The molecule has 27 heavy (non-hydrogen) atoms. The molecule has 2 heteroatoms. The molecule has 0 radical (unpaired) electrons. The number of benzene rings is 4. The Morgan fingerprint density at radius 3 is 1.74 bits per heavy atom. The molecule has 1 nitrogen and oxygen atoms in total. The first-order chi connectivity index (χ1) is 13.3. The molecule has 0 amide bonds. The van der Waals surface area contributed by atoms with E-state index in [0.717, 1.165) is 0 Å². The molecule has 0 fully saturated rings. The molecule has 5 rings (SSSR count). The van der Waals surface area contributed by atoms with Gasteiger partial charge in [-0.05, 0) is 36.4 Å². The number of hydrogen-bond donors (Lipinski definition) is 0. The Balaban J connectivity index is 1.78. The molecule has 0 atom stereocenters. The zero-order chi connectivity index (χ0) is 18.3. The van der Waals surface area contributed by atoms with Crippen molar-refractivity contribution < 1.29 is 0 Å². The first-order valence-electron chi connectivity index (χ1n) is 9.16. The minimum atomic E-state index is 0.645. The van der Waals surface area contributed by atoms with E-state index in [1.807, 2.05) is 11.3 Å². The van der Waals surface area contributed by atoms with Crippen LogP contribution in [-0.2, 0) is 0 Å². The van der Waals surface area contributed by atoms with E-state index >= 15 is 0 Å². The van der Waals surface area contributed by atoms with Gasteiger partial charge in [-0.25, -0.2) is 4.48 Å². The summed E-state index contributed by atoms with van der Waals surface area (Å²) in [6, 6.07) is 37.1. The molecule has 0 aliphatic heterocycles. The van der Waals surface area contributed by atoms with E-state index in [1.165, 1.54) is 37.2 Å². The van der Waals surface area contributed by atoms with Crippen molar-refractivity contribution in [1.29, 1.82) is 0 Å². The van der Waals surface area contributed by atoms with Crippen molar-refractivity contribution in [3.8, 4) is 0 Å². The number of fused-ring (bicyclic) bond motifs is 3. The van der Waals surface area contributed by atoms with Crippen molar-refractivity contribution >= 4 is 48.6 Å². The molecule has 4 aromatic carbocycles. The molecule has 0 spiro atoms. The van der Waals surface area contributed by atoms with E-state index in [9.17, 15) is 0 Å². The van der Waals surface area contributed by atoms with Gasteiger partial charge in [-0.2, -0.15) is 0 Å². The molecular weight excluding hydrogens is 346 g/mol. The van der Waals surface area contributed by atoms with E-state index < -0.39 is 0 Å². The maximum Gasteiger partial charge on any atom is 0.144 e. The largest absolute Gasteiger partial charge is 0.229 e. The predicted molar refractivity (Wildman–Crippen MR) is 119 cm³/mol. The van der Waals surface area contributed by atoms with Crippen molar-refractivity contribution in [3.05, 3.63) is 103 Å². The van der Waals surface area contributed by atoms with Gasteiger partial charge in [-0.1, -0.05) is 54.6 Å². The molecule has 0 saturated heterocycles. The van der Waals surface area contributed by atoms with Crippen LogP contribution in [0.5, 0.6) is 0 Å². The van der Waals surface area contributed by atoms with Crippen LogP contribution in [0.2, 0.25) is 0 Å². The number of para-hydroxylation sites is 2. The smallest absolute Gasteiger partial charge is 0.144 e. The average molecular weight is 367 g/mol. The maximum atomic E-state index is 2.36. The molecular formula is C25H20NS+. The maximum absolute atomic E-state index is 2.36. The average Bonchev–Trinajstić information content (AvgIpc) is 3.12. The Hall–Kier alpha value is -2.94. The highest BCUT2D eigenvalue weighted by Gasteiger charge is 2.31. The summed E-state index contributed by atoms with van der Waals surface area (Å²) < 4.78 is 3.33. The standard InChI is InChI=1S/C25H20NS/c1-26(19-10-4-2-5-11-19,20-12-6-3-7-13-20)21-16-17-23-22-14-8-9-15-24(22)27-25(23)18-21/h2-18H,1H3/q+1. The van der Waals surface area contributed by atoms with Gasteiger partial charge in [0.1, 0.15) is 17.1 Å². The summed E-state index contributed by atoms with van der Waals surface area (Å²) in [4.78, 5) is 0. The highest BCUT2D eigenvalue weighted by atomic mass is 32.1. The van der Waals surface area contributed by atoms with Gasteiger partial charge >= 0.3 is 0 Å². The van der Waals surface area contributed by atoms with Crippen molar-refractivity contribution in [2.45, 2.75) is 0 Å². The number of hydrogen-bond acceptors (Lipinski definition) is 1. The quantitative estimate of drug-likeness (QED) is 0.288. The lowest BCUT2D eigenvalue weighted by Crippen LogP contribution is -2.33. The zero-order valence-electron chi connectivity index (χ0n) is 15.2. The fourth-order valence-electron chi connectivity index (χ4n) is 3.89. The highest BCUT2D eigenvalue weighted by molar-refractivity contribution is 7.25. The molecule has 0 aliphatic rings.